The summed E-state index contributed by atoms with van der Waals surface area (Å²) >= 11 is 6.03. The zero-order valence-corrected chi connectivity index (χ0v) is 19.0. The lowest BCUT2D eigenvalue weighted by Crippen LogP contribution is -2.42. The summed E-state index contributed by atoms with van der Waals surface area (Å²) in [6.07, 6.45) is 2.65. The first-order valence-electron chi connectivity index (χ1n) is 10.00. The molecule has 2 aromatic carbocycles. The molecule has 0 bridgehead atoms. The maximum absolute atomic E-state index is 13.3. The fourth-order valence-electron chi connectivity index (χ4n) is 3.71. The number of carbonyl (C=O) groups excluding carboxylic acids is 1. The van der Waals surface area contributed by atoms with Crippen molar-refractivity contribution in [3.05, 3.63) is 58.6 Å². The summed E-state index contributed by atoms with van der Waals surface area (Å²) < 4.78 is 33.5. The van der Waals surface area contributed by atoms with E-state index in [1.165, 1.54) is 23.5 Å². The van der Waals surface area contributed by atoms with Gasteiger partial charge in [0.05, 0.1) is 13.2 Å². The number of nitrogens with zero attached hydrogens (tertiary/aromatic N) is 1. The Bertz CT molecular complexity index is 1030. The maximum Gasteiger partial charge on any atom is 0.251 e. The highest BCUT2D eigenvalue weighted by atomic mass is 35.5. The van der Waals surface area contributed by atoms with Crippen molar-refractivity contribution >= 4 is 27.5 Å². The monoisotopic (exact) mass is 450 g/mol. The Morgan fingerprint density at radius 2 is 2.00 bits per heavy atom. The van der Waals surface area contributed by atoms with Crippen LogP contribution in [-0.4, -0.2) is 38.3 Å². The van der Waals surface area contributed by atoms with Gasteiger partial charge in [-0.25, -0.2) is 8.42 Å². The number of hydrogen-bond acceptors (Lipinski definition) is 4. The second-order valence-electron chi connectivity index (χ2n) is 7.58. The summed E-state index contributed by atoms with van der Waals surface area (Å²) in [6, 6.07) is 11.4. The highest BCUT2D eigenvalue weighted by molar-refractivity contribution is 7.89. The van der Waals surface area contributed by atoms with Crippen LogP contribution in [-0.2, 0) is 10.0 Å². The van der Waals surface area contributed by atoms with Crippen LogP contribution in [0.4, 0.5) is 0 Å². The molecule has 0 spiro atoms. The molecular formula is C22H27ClN2O4S. The summed E-state index contributed by atoms with van der Waals surface area (Å²) in [5.74, 6) is -0.138. The fourth-order valence-corrected chi connectivity index (χ4v) is 5.80. The van der Waals surface area contributed by atoms with Gasteiger partial charge in [-0.15, -0.1) is 0 Å². The van der Waals surface area contributed by atoms with Crippen molar-refractivity contribution in [1.82, 2.24) is 9.62 Å². The third-order valence-electron chi connectivity index (χ3n) is 5.45. The molecule has 1 aliphatic rings. The van der Waals surface area contributed by atoms with Crippen molar-refractivity contribution in [2.45, 2.75) is 50.1 Å². The molecule has 0 aliphatic carbocycles. The van der Waals surface area contributed by atoms with Crippen LogP contribution in [0.15, 0.2) is 47.4 Å². The zero-order chi connectivity index (χ0) is 21.9. The van der Waals surface area contributed by atoms with E-state index >= 15 is 0 Å². The minimum Gasteiger partial charge on any atom is -0.495 e. The average molecular weight is 451 g/mol. The number of piperidine rings is 1. The highest BCUT2D eigenvalue weighted by Gasteiger charge is 2.33. The van der Waals surface area contributed by atoms with Gasteiger partial charge in [0.2, 0.25) is 10.0 Å². The minimum absolute atomic E-state index is 0.0156. The molecule has 30 heavy (non-hydrogen) atoms. The Morgan fingerprint density at radius 1 is 1.23 bits per heavy atom. The lowest BCUT2D eigenvalue weighted by atomic mass is 10.1. The van der Waals surface area contributed by atoms with Crippen LogP contribution in [0.1, 0.15) is 55.1 Å². The van der Waals surface area contributed by atoms with Crippen molar-refractivity contribution in [2.24, 2.45) is 0 Å². The molecule has 0 radical (unpaired) electrons. The summed E-state index contributed by atoms with van der Waals surface area (Å²) in [4.78, 5) is 12.9. The predicted molar refractivity (Wildman–Crippen MR) is 118 cm³/mol. The number of benzene rings is 2. The summed E-state index contributed by atoms with van der Waals surface area (Å²) in [5.41, 5.74) is 1.12. The number of nitrogens with one attached hydrogen (secondary N) is 1. The minimum atomic E-state index is -3.79. The first kappa shape index (κ1) is 22.6. The summed E-state index contributed by atoms with van der Waals surface area (Å²) in [7, 11) is -2.36. The van der Waals surface area contributed by atoms with Gasteiger partial charge < -0.3 is 10.1 Å². The van der Waals surface area contributed by atoms with Gasteiger partial charge in [-0.1, -0.05) is 30.2 Å². The van der Waals surface area contributed by atoms with Gasteiger partial charge in [0.15, 0.2) is 0 Å². The molecule has 2 aromatic rings. The summed E-state index contributed by atoms with van der Waals surface area (Å²) in [5, 5.41) is 3.48. The molecule has 1 amide bonds. The third-order valence-corrected chi connectivity index (χ3v) is 7.72. The molecule has 1 fully saturated rings. The van der Waals surface area contributed by atoms with E-state index in [9.17, 15) is 13.2 Å². The molecule has 3 rings (SSSR count). The van der Waals surface area contributed by atoms with Crippen LogP contribution in [0.25, 0.3) is 0 Å². The number of amides is 1. The number of rotatable bonds is 6. The second-order valence-corrected chi connectivity index (χ2v) is 9.87. The van der Waals surface area contributed by atoms with Gasteiger partial charge in [0.1, 0.15) is 10.6 Å². The van der Waals surface area contributed by atoms with E-state index in [-0.39, 0.29) is 34.2 Å². The van der Waals surface area contributed by atoms with E-state index in [4.69, 9.17) is 16.3 Å². The van der Waals surface area contributed by atoms with Crippen molar-refractivity contribution in [2.75, 3.05) is 13.7 Å². The molecule has 6 nitrogen and oxygen atoms in total. The Morgan fingerprint density at radius 3 is 2.67 bits per heavy atom. The van der Waals surface area contributed by atoms with E-state index in [0.29, 0.717) is 11.6 Å². The van der Waals surface area contributed by atoms with Gasteiger partial charge in [0, 0.05) is 23.2 Å². The van der Waals surface area contributed by atoms with Crippen LogP contribution >= 0.6 is 11.6 Å². The van der Waals surface area contributed by atoms with Crippen LogP contribution in [0.3, 0.4) is 0 Å². The normalized spacial score (nSPS) is 18.6. The van der Waals surface area contributed by atoms with E-state index in [0.717, 1.165) is 24.8 Å². The first-order chi connectivity index (χ1) is 14.2. The van der Waals surface area contributed by atoms with Gasteiger partial charge in [0.25, 0.3) is 5.91 Å². The van der Waals surface area contributed by atoms with Crippen molar-refractivity contribution in [3.8, 4) is 5.75 Å². The van der Waals surface area contributed by atoms with Gasteiger partial charge in [-0.3, -0.25) is 4.79 Å². The Hall–Kier alpha value is -2.09. The molecule has 2 atom stereocenters. The largest absolute Gasteiger partial charge is 0.495 e. The van der Waals surface area contributed by atoms with Crippen LogP contribution < -0.4 is 10.1 Å². The van der Waals surface area contributed by atoms with E-state index < -0.39 is 10.0 Å². The molecule has 1 N–H and O–H groups in total. The van der Waals surface area contributed by atoms with Crippen molar-refractivity contribution in [1.29, 1.82) is 0 Å². The number of halogens is 1. The number of sulfonamides is 1. The van der Waals surface area contributed by atoms with Crippen LogP contribution in [0, 0.1) is 0 Å². The Kier molecular flexibility index (Phi) is 7.06. The van der Waals surface area contributed by atoms with Gasteiger partial charge in [-0.2, -0.15) is 4.31 Å². The van der Waals surface area contributed by atoms with E-state index in [1.54, 1.807) is 18.2 Å². The zero-order valence-electron chi connectivity index (χ0n) is 17.4. The average Bonchev–Trinajstić information content (AvgIpc) is 2.73. The number of hydrogen-bond donors (Lipinski definition) is 1. The second kappa shape index (κ2) is 9.37. The lowest BCUT2D eigenvalue weighted by Gasteiger charge is -2.32. The molecule has 162 valence electrons. The van der Waals surface area contributed by atoms with Crippen molar-refractivity contribution < 1.29 is 17.9 Å². The molecule has 1 heterocycles. The molecule has 1 saturated heterocycles. The maximum atomic E-state index is 13.3. The molecule has 0 saturated carbocycles. The fraction of sp³-hybridized carbons (Fsp3) is 0.409. The number of methoxy groups -OCH3 is 1. The molecule has 8 heteroatoms. The number of carbonyl (C=O) groups is 1. The van der Waals surface area contributed by atoms with Gasteiger partial charge in [-0.05, 0) is 62.6 Å². The Balaban J connectivity index is 1.89. The lowest BCUT2D eigenvalue weighted by molar-refractivity contribution is 0.0939. The third kappa shape index (κ3) is 4.79. The van der Waals surface area contributed by atoms with E-state index in [1.807, 2.05) is 26.0 Å². The van der Waals surface area contributed by atoms with Crippen LogP contribution in [0.2, 0.25) is 5.02 Å². The van der Waals surface area contributed by atoms with Gasteiger partial charge >= 0.3 is 0 Å². The summed E-state index contributed by atoms with van der Waals surface area (Å²) in [6.45, 7) is 4.22. The molecule has 1 aliphatic heterocycles. The van der Waals surface area contributed by atoms with E-state index in [2.05, 4.69) is 5.32 Å². The smallest absolute Gasteiger partial charge is 0.251 e. The molecule has 2 unspecified atom stereocenters. The van der Waals surface area contributed by atoms with Crippen LogP contribution in [0.5, 0.6) is 5.75 Å². The number of ether oxygens (including phenoxy) is 1. The Labute approximate surface area is 183 Å². The first-order valence-corrected chi connectivity index (χ1v) is 11.8. The highest BCUT2D eigenvalue weighted by Crippen LogP contribution is 2.32. The quantitative estimate of drug-likeness (QED) is 0.707. The predicted octanol–water partition coefficient (Wildman–Crippen LogP) is 4.40. The topological polar surface area (TPSA) is 75.7 Å². The SMILES string of the molecule is COc1ccc(C(=O)NC(C)c2cccc(Cl)c2)cc1S(=O)(=O)N1CCCCC1C. The van der Waals surface area contributed by atoms with Crippen molar-refractivity contribution in [3.63, 3.8) is 0 Å². The molecular weight excluding hydrogens is 424 g/mol. The molecule has 0 aromatic heterocycles. The standard InChI is InChI=1S/C22H27ClN2O4S/c1-15-7-4-5-12-25(15)30(27,28)21-14-18(10-11-20(21)29-3)22(26)24-16(2)17-8-6-9-19(23)13-17/h6,8-11,13-16H,4-5,7,12H2,1-3H3,(H,24,26).